The first-order chi connectivity index (χ1) is 12.3. The second-order valence-electron chi connectivity index (χ2n) is 6.66. The van der Waals surface area contributed by atoms with Gasteiger partial charge in [-0.1, -0.05) is 0 Å². The number of hydrogen-bond donors (Lipinski definition) is 1. The zero-order valence-corrected chi connectivity index (χ0v) is 15.5. The molecule has 1 saturated heterocycles. The second-order valence-corrected chi connectivity index (χ2v) is 8.52. The van der Waals surface area contributed by atoms with E-state index in [2.05, 4.69) is 10.3 Å². The molecule has 2 aromatic rings. The molecule has 0 unspecified atom stereocenters. The average Bonchev–Trinajstić information content (AvgIpc) is 2.62. The third-order valence-electron chi connectivity index (χ3n) is 4.19. The van der Waals surface area contributed by atoms with Gasteiger partial charge in [0.2, 0.25) is 10.0 Å². The van der Waals surface area contributed by atoms with Gasteiger partial charge in [0.25, 0.3) is 5.91 Å². The number of pyridine rings is 1. The van der Waals surface area contributed by atoms with E-state index in [1.165, 1.54) is 22.6 Å². The molecule has 1 aliphatic heterocycles. The summed E-state index contributed by atoms with van der Waals surface area (Å²) in [5.41, 5.74) is 0.336. The molecular weight excluding hydrogens is 354 g/mol. The number of ether oxygens (including phenoxy) is 1. The van der Waals surface area contributed by atoms with Gasteiger partial charge < -0.3 is 10.1 Å². The molecule has 0 radical (unpaired) electrons. The smallest absolute Gasteiger partial charge is 0.257 e. The molecule has 0 bridgehead atoms. The zero-order valence-electron chi connectivity index (χ0n) is 14.7. The molecule has 0 atom stereocenters. The number of carbonyl (C=O) groups excluding carboxylic acids is 1. The molecule has 1 aromatic carbocycles. The van der Waals surface area contributed by atoms with Gasteiger partial charge in [0.1, 0.15) is 0 Å². The van der Waals surface area contributed by atoms with Crippen molar-refractivity contribution in [2.24, 2.45) is 0 Å². The van der Waals surface area contributed by atoms with Gasteiger partial charge in [-0.25, -0.2) is 8.42 Å². The Bertz CT molecular complexity index is 880. The summed E-state index contributed by atoms with van der Waals surface area (Å²) in [5, 5.41) is 2.73. The Labute approximate surface area is 153 Å². The number of aromatic nitrogens is 1. The molecule has 2 heterocycles. The summed E-state index contributed by atoms with van der Waals surface area (Å²) in [6, 6.07) is 9.49. The SMILES string of the molecule is CC1(C)COCCN1S(=O)(=O)c1ccc(NC(=O)c2cccnc2)cc1. The van der Waals surface area contributed by atoms with Crippen molar-refractivity contribution < 1.29 is 17.9 Å². The van der Waals surface area contributed by atoms with Gasteiger partial charge in [-0.15, -0.1) is 0 Å². The van der Waals surface area contributed by atoms with Crippen LogP contribution in [0.4, 0.5) is 5.69 Å². The van der Waals surface area contributed by atoms with Crippen molar-refractivity contribution in [1.82, 2.24) is 9.29 Å². The molecule has 138 valence electrons. The maximum absolute atomic E-state index is 12.9. The first-order valence-electron chi connectivity index (χ1n) is 8.23. The summed E-state index contributed by atoms with van der Waals surface area (Å²) in [5.74, 6) is -0.303. The van der Waals surface area contributed by atoms with E-state index in [0.717, 1.165) is 0 Å². The Morgan fingerprint density at radius 1 is 1.23 bits per heavy atom. The molecule has 3 rings (SSSR count). The van der Waals surface area contributed by atoms with E-state index in [4.69, 9.17) is 4.74 Å². The van der Waals surface area contributed by atoms with Crippen molar-refractivity contribution in [3.8, 4) is 0 Å². The number of nitrogens with one attached hydrogen (secondary N) is 1. The Kier molecular flexibility index (Phi) is 5.08. The Hall–Kier alpha value is -2.29. The molecule has 1 fully saturated rings. The summed E-state index contributed by atoms with van der Waals surface area (Å²) < 4.78 is 32.7. The van der Waals surface area contributed by atoms with Crippen LogP contribution in [0.2, 0.25) is 0 Å². The van der Waals surface area contributed by atoms with Gasteiger partial charge in [0, 0.05) is 24.6 Å². The Morgan fingerprint density at radius 3 is 2.58 bits per heavy atom. The molecule has 1 N–H and O–H groups in total. The molecule has 1 amide bonds. The fourth-order valence-corrected chi connectivity index (χ4v) is 4.58. The van der Waals surface area contributed by atoms with E-state index in [9.17, 15) is 13.2 Å². The molecule has 7 nitrogen and oxygen atoms in total. The third-order valence-corrected chi connectivity index (χ3v) is 6.32. The molecule has 0 spiro atoms. The first kappa shape index (κ1) is 18.5. The predicted molar refractivity (Wildman–Crippen MR) is 97.4 cm³/mol. The number of amides is 1. The summed E-state index contributed by atoms with van der Waals surface area (Å²) in [6.07, 6.45) is 3.05. The van der Waals surface area contributed by atoms with Crippen molar-refractivity contribution in [3.63, 3.8) is 0 Å². The maximum atomic E-state index is 12.9. The maximum Gasteiger partial charge on any atom is 0.257 e. The highest BCUT2D eigenvalue weighted by molar-refractivity contribution is 7.89. The van der Waals surface area contributed by atoms with Crippen LogP contribution in [-0.2, 0) is 14.8 Å². The molecule has 0 aliphatic carbocycles. The van der Waals surface area contributed by atoms with Crippen LogP contribution in [0.1, 0.15) is 24.2 Å². The summed E-state index contributed by atoms with van der Waals surface area (Å²) >= 11 is 0. The molecule has 1 aromatic heterocycles. The number of sulfonamides is 1. The van der Waals surface area contributed by atoms with E-state index < -0.39 is 15.6 Å². The normalized spacial score (nSPS) is 17.6. The first-order valence-corrected chi connectivity index (χ1v) is 9.67. The molecular formula is C18H21N3O4S. The number of nitrogens with zero attached hydrogens (tertiary/aromatic N) is 2. The third kappa shape index (κ3) is 3.77. The highest BCUT2D eigenvalue weighted by Gasteiger charge is 2.39. The lowest BCUT2D eigenvalue weighted by Gasteiger charge is -2.40. The minimum absolute atomic E-state index is 0.187. The van der Waals surface area contributed by atoms with Crippen molar-refractivity contribution in [1.29, 1.82) is 0 Å². The quantitative estimate of drug-likeness (QED) is 0.884. The predicted octanol–water partition coefficient (Wildman–Crippen LogP) is 2.13. The van der Waals surface area contributed by atoms with Crippen LogP contribution in [0.15, 0.2) is 53.7 Å². The second kappa shape index (κ2) is 7.14. The van der Waals surface area contributed by atoms with Gasteiger partial charge in [-0.05, 0) is 50.2 Å². The minimum atomic E-state index is -3.64. The molecule has 26 heavy (non-hydrogen) atoms. The fourth-order valence-electron chi connectivity index (χ4n) is 2.83. The van der Waals surface area contributed by atoms with Crippen molar-refractivity contribution in [2.75, 3.05) is 25.1 Å². The fraction of sp³-hybridized carbons (Fsp3) is 0.333. The van der Waals surface area contributed by atoms with E-state index in [-0.39, 0.29) is 10.8 Å². The van der Waals surface area contributed by atoms with Gasteiger partial charge >= 0.3 is 0 Å². The van der Waals surface area contributed by atoms with Gasteiger partial charge in [-0.2, -0.15) is 4.31 Å². The van der Waals surface area contributed by atoms with E-state index in [0.29, 0.717) is 31.0 Å². The van der Waals surface area contributed by atoms with Crippen LogP contribution < -0.4 is 5.32 Å². The zero-order chi connectivity index (χ0) is 18.8. The van der Waals surface area contributed by atoms with Crippen LogP contribution in [0.5, 0.6) is 0 Å². The number of benzene rings is 1. The van der Waals surface area contributed by atoms with Crippen LogP contribution in [-0.4, -0.2) is 48.9 Å². The molecule has 1 aliphatic rings. The van der Waals surface area contributed by atoms with Crippen molar-refractivity contribution in [3.05, 3.63) is 54.4 Å². The minimum Gasteiger partial charge on any atom is -0.378 e. The lowest BCUT2D eigenvalue weighted by atomic mass is 10.1. The van der Waals surface area contributed by atoms with Gasteiger partial charge in [0.15, 0.2) is 0 Å². The summed E-state index contributed by atoms with van der Waals surface area (Å²) in [6.45, 7) is 4.72. The Morgan fingerprint density at radius 2 is 1.96 bits per heavy atom. The van der Waals surface area contributed by atoms with Crippen molar-refractivity contribution >= 4 is 21.6 Å². The molecule has 0 saturated carbocycles. The van der Waals surface area contributed by atoms with E-state index >= 15 is 0 Å². The van der Waals surface area contributed by atoms with E-state index in [1.807, 2.05) is 13.8 Å². The number of anilines is 1. The molecule has 8 heteroatoms. The highest BCUT2D eigenvalue weighted by Crippen LogP contribution is 2.28. The van der Waals surface area contributed by atoms with E-state index in [1.54, 1.807) is 30.5 Å². The van der Waals surface area contributed by atoms with Crippen LogP contribution in [0.25, 0.3) is 0 Å². The summed E-state index contributed by atoms with van der Waals surface area (Å²) in [4.78, 5) is 16.2. The average molecular weight is 375 g/mol. The van der Waals surface area contributed by atoms with Crippen LogP contribution in [0.3, 0.4) is 0 Å². The lowest BCUT2D eigenvalue weighted by molar-refractivity contribution is -0.00770. The van der Waals surface area contributed by atoms with Gasteiger partial charge in [-0.3, -0.25) is 9.78 Å². The summed E-state index contributed by atoms with van der Waals surface area (Å²) in [7, 11) is -3.64. The van der Waals surface area contributed by atoms with Gasteiger partial charge in [0.05, 0.1) is 29.2 Å². The van der Waals surface area contributed by atoms with Crippen LogP contribution in [0, 0.1) is 0 Å². The van der Waals surface area contributed by atoms with Crippen LogP contribution >= 0.6 is 0 Å². The number of morpholine rings is 1. The number of hydrogen-bond acceptors (Lipinski definition) is 5. The lowest BCUT2D eigenvalue weighted by Crippen LogP contribution is -2.55. The Balaban J connectivity index is 1.78. The largest absolute Gasteiger partial charge is 0.378 e. The number of rotatable bonds is 4. The highest BCUT2D eigenvalue weighted by atomic mass is 32.2. The number of carbonyl (C=O) groups is 1. The van der Waals surface area contributed by atoms with Crippen molar-refractivity contribution in [2.45, 2.75) is 24.3 Å². The monoisotopic (exact) mass is 375 g/mol. The standard InChI is InChI=1S/C18H21N3O4S/c1-18(2)13-25-11-10-21(18)26(23,24)16-7-5-15(6-8-16)20-17(22)14-4-3-9-19-12-14/h3-9,12H,10-11,13H2,1-2H3,(H,20,22). The topological polar surface area (TPSA) is 88.6 Å².